The molecule has 0 radical (unpaired) electrons. The minimum atomic E-state index is -0.264. The van der Waals surface area contributed by atoms with E-state index in [0.717, 1.165) is 49.0 Å². The number of anilines is 1. The Kier molecular flexibility index (Phi) is 4.98. The number of carbonyl (C=O) groups excluding carboxylic acids is 2. The summed E-state index contributed by atoms with van der Waals surface area (Å²) >= 11 is 6.08. The molecule has 5 heteroatoms. The minimum Gasteiger partial charge on any atom is -0.366 e. The second kappa shape index (κ2) is 7.44. The number of imide groups is 1. The highest BCUT2D eigenvalue weighted by Crippen LogP contribution is 2.37. The molecule has 0 atom stereocenters. The summed E-state index contributed by atoms with van der Waals surface area (Å²) in [4.78, 5) is 30.4. The third kappa shape index (κ3) is 3.22. The molecule has 144 valence electrons. The van der Waals surface area contributed by atoms with Gasteiger partial charge in [0, 0.05) is 18.1 Å². The van der Waals surface area contributed by atoms with Gasteiger partial charge in [-0.1, -0.05) is 41.4 Å². The quantitative estimate of drug-likeness (QED) is 0.707. The van der Waals surface area contributed by atoms with Crippen molar-refractivity contribution in [2.24, 2.45) is 0 Å². The maximum absolute atomic E-state index is 13.5. The maximum Gasteiger partial charge on any atom is 0.282 e. The average molecular weight is 395 g/mol. The average Bonchev–Trinajstić information content (AvgIpc) is 2.94. The molecule has 4 rings (SSSR count). The van der Waals surface area contributed by atoms with Gasteiger partial charge in [0.05, 0.1) is 11.3 Å². The number of likely N-dealkylation sites (tertiary alicyclic amines) is 1. The first kappa shape index (κ1) is 18.8. The number of rotatable bonds is 3. The largest absolute Gasteiger partial charge is 0.366 e. The normalized spacial score (nSPS) is 17.7. The SMILES string of the molecule is Cc1ccc(C2=C(N3CCCCC3)C(=O)N(c3ccc(Cl)cc3C)C2=O)cc1. The minimum absolute atomic E-state index is 0.243. The monoisotopic (exact) mass is 394 g/mol. The fourth-order valence-electron chi connectivity index (χ4n) is 4.00. The topological polar surface area (TPSA) is 40.6 Å². The van der Waals surface area contributed by atoms with Crippen LogP contribution in [0, 0.1) is 13.8 Å². The third-order valence-corrected chi connectivity index (χ3v) is 5.71. The Bertz CT molecular complexity index is 973. The Balaban J connectivity index is 1.84. The zero-order chi connectivity index (χ0) is 19.8. The molecule has 0 saturated carbocycles. The molecule has 0 aromatic heterocycles. The van der Waals surface area contributed by atoms with Crippen LogP contribution in [0.4, 0.5) is 5.69 Å². The summed E-state index contributed by atoms with van der Waals surface area (Å²) in [5, 5.41) is 0.586. The molecule has 0 aliphatic carbocycles. The number of piperidine rings is 1. The van der Waals surface area contributed by atoms with E-state index in [-0.39, 0.29) is 11.8 Å². The zero-order valence-corrected chi connectivity index (χ0v) is 16.9. The van der Waals surface area contributed by atoms with Crippen molar-refractivity contribution in [3.63, 3.8) is 0 Å². The maximum atomic E-state index is 13.5. The summed E-state index contributed by atoms with van der Waals surface area (Å²) in [6.45, 7) is 5.48. The van der Waals surface area contributed by atoms with E-state index < -0.39 is 0 Å². The molecule has 0 bridgehead atoms. The highest BCUT2D eigenvalue weighted by molar-refractivity contribution is 6.45. The van der Waals surface area contributed by atoms with E-state index in [1.807, 2.05) is 38.1 Å². The molecule has 0 unspecified atom stereocenters. The van der Waals surface area contributed by atoms with Crippen LogP contribution in [0.1, 0.15) is 36.0 Å². The Hall–Kier alpha value is -2.59. The van der Waals surface area contributed by atoms with Gasteiger partial charge in [0.2, 0.25) is 0 Å². The summed E-state index contributed by atoms with van der Waals surface area (Å²) in [6.07, 6.45) is 3.23. The smallest absolute Gasteiger partial charge is 0.282 e. The highest BCUT2D eigenvalue weighted by atomic mass is 35.5. The van der Waals surface area contributed by atoms with Crippen molar-refractivity contribution < 1.29 is 9.59 Å². The number of hydrogen-bond donors (Lipinski definition) is 0. The van der Waals surface area contributed by atoms with Crippen LogP contribution < -0.4 is 4.90 Å². The van der Waals surface area contributed by atoms with Crippen molar-refractivity contribution in [3.8, 4) is 0 Å². The van der Waals surface area contributed by atoms with Gasteiger partial charge in [-0.25, -0.2) is 4.90 Å². The first-order chi connectivity index (χ1) is 13.5. The first-order valence-corrected chi connectivity index (χ1v) is 10.1. The molecule has 4 nitrogen and oxygen atoms in total. The van der Waals surface area contributed by atoms with Crippen molar-refractivity contribution in [1.82, 2.24) is 4.90 Å². The van der Waals surface area contributed by atoms with E-state index >= 15 is 0 Å². The van der Waals surface area contributed by atoms with Crippen LogP contribution in [-0.4, -0.2) is 29.8 Å². The summed E-state index contributed by atoms with van der Waals surface area (Å²) in [5.41, 5.74) is 4.34. The van der Waals surface area contributed by atoms with Crippen LogP contribution in [0.2, 0.25) is 5.02 Å². The lowest BCUT2D eigenvalue weighted by atomic mass is 10.0. The van der Waals surface area contributed by atoms with Gasteiger partial charge in [-0.05, 0) is 62.4 Å². The van der Waals surface area contributed by atoms with Gasteiger partial charge in [0.25, 0.3) is 11.8 Å². The van der Waals surface area contributed by atoms with Gasteiger partial charge in [-0.3, -0.25) is 9.59 Å². The van der Waals surface area contributed by atoms with E-state index in [4.69, 9.17) is 11.6 Å². The predicted octanol–water partition coefficient (Wildman–Crippen LogP) is 4.73. The van der Waals surface area contributed by atoms with Crippen molar-refractivity contribution in [2.45, 2.75) is 33.1 Å². The lowest BCUT2D eigenvalue weighted by Crippen LogP contribution is -2.37. The molecule has 2 aliphatic heterocycles. The number of benzene rings is 2. The first-order valence-electron chi connectivity index (χ1n) is 9.68. The number of nitrogens with zero attached hydrogens (tertiary/aromatic N) is 2. The molecule has 2 aliphatic rings. The van der Waals surface area contributed by atoms with Crippen LogP contribution in [0.15, 0.2) is 48.2 Å². The van der Waals surface area contributed by atoms with E-state index in [1.165, 1.54) is 4.90 Å². The Morgan fingerprint density at radius 1 is 0.857 bits per heavy atom. The van der Waals surface area contributed by atoms with Crippen LogP contribution in [0.3, 0.4) is 0 Å². The Morgan fingerprint density at radius 3 is 2.18 bits per heavy atom. The highest BCUT2D eigenvalue weighted by Gasteiger charge is 2.43. The summed E-state index contributed by atoms with van der Waals surface area (Å²) < 4.78 is 0. The van der Waals surface area contributed by atoms with Crippen LogP contribution in [0.5, 0.6) is 0 Å². The van der Waals surface area contributed by atoms with E-state index in [0.29, 0.717) is 22.0 Å². The molecule has 0 N–H and O–H groups in total. The van der Waals surface area contributed by atoms with Crippen molar-refractivity contribution in [1.29, 1.82) is 0 Å². The van der Waals surface area contributed by atoms with Crippen molar-refractivity contribution in [3.05, 3.63) is 69.9 Å². The van der Waals surface area contributed by atoms with Crippen molar-refractivity contribution in [2.75, 3.05) is 18.0 Å². The van der Waals surface area contributed by atoms with Gasteiger partial charge < -0.3 is 4.90 Å². The van der Waals surface area contributed by atoms with Gasteiger partial charge in [-0.15, -0.1) is 0 Å². The third-order valence-electron chi connectivity index (χ3n) is 5.47. The second-order valence-electron chi connectivity index (χ2n) is 7.51. The summed E-state index contributed by atoms with van der Waals surface area (Å²) in [5.74, 6) is -0.507. The van der Waals surface area contributed by atoms with Crippen LogP contribution >= 0.6 is 11.6 Å². The molecule has 2 heterocycles. The lowest BCUT2D eigenvalue weighted by Gasteiger charge is -2.29. The molecule has 2 amide bonds. The molecular formula is C23H23ClN2O2. The zero-order valence-electron chi connectivity index (χ0n) is 16.2. The molecule has 28 heavy (non-hydrogen) atoms. The molecule has 1 saturated heterocycles. The van der Waals surface area contributed by atoms with E-state index in [9.17, 15) is 9.59 Å². The standard InChI is InChI=1S/C23H23ClN2O2/c1-15-6-8-17(9-7-15)20-21(25-12-4-3-5-13-25)23(28)26(22(20)27)19-11-10-18(24)14-16(19)2/h6-11,14H,3-5,12-13H2,1-2H3. The van der Waals surface area contributed by atoms with Crippen molar-refractivity contribution >= 4 is 34.7 Å². The van der Waals surface area contributed by atoms with E-state index in [1.54, 1.807) is 18.2 Å². The summed E-state index contributed by atoms with van der Waals surface area (Å²) in [6, 6.07) is 13.1. The Morgan fingerprint density at radius 2 is 1.54 bits per heavy atom. The van der Waals surface area contributed by atoms with Crippen LogP contribution in [-0.2, 0) is 9.59 Å². The molecular weight excluding hydrogens is 372 g/mol. The van der Waals surface area contributed by atoms with Gasteiger partial charge in [0.1, 0.15) is 5.70 Å². The number of amides is 2. The molecule has 0 spiro atoms. The Labute approximate surface area is 170 Å². The van der Waals surface area contributed by atoms with E-state index in [2.05, 4.69) is 4.90 Å². The molecule has 2 aromatic carbocycles. The summed E-state index contributed by atoms with van der Waals surface area (Å²) in [7, 11) is 0. The number of aryl methyl sites for hydroxylation is 2. The number of halogens is 1. The van der Waals surface area contributed by atoms with Gasteiger partial charge in [0.15, 0.2) is 0 Å². The molecule has 2 aromatic rings. The lowest BCUT2D eigenvalue weighted by molar-refractivity contribution is -0.120. The fraction of sp³-hybridized carbons (Fsp3) is 0.304. The molecule has 1 fully saturated rings. The van der Waals surface area contributed by atoms with Gasteiger partial charge in [-0.2, -0.15) is 0 Å². The number of hydrogen-bond acceptors (Lipinski definition) is 3. The van der Waals surface area contributed by atoms with Crippen LogP contribution in [0.25, 0.3) is 5.57 Å². The second-order valence-corrected chi connectivity index (χ2v) is 7.95. The fourth-order valence-corrected chi connectivity index (χ4v) is 4.22. The van der Waals surface area contributed by atoms with Gasteiger partial charge >= 0.3 is 0 Å². The predicted molar refractivity (Wildman–Crippen MR) is 112 cm³/mol. The number of carbonyl (C=O) groups is 2.